The highest BCUT2D eigenvalue weighted by atomic mass is 16.5. The first kappa shape index (κ1) is 14.6. The molecule has 1 aromatic carbocycles. The van der Waals surface area contributed by atoms with E-state index in [-0.39, 0.29) is 5.60 Å². The lowest BCUT2D eigenvalue weighted by atomic mass is 9.79. The first-order valence-electron chi connectivity index (χ1n) is 8.57. The second kappa shape index (κ2) is 5.55. The quantitative estimate of drug-likeness (QED) is 0.803. The molecule has 4 rings (SSSR count). The molecule has 0 aromatic heterocycles. The summed E-state index contributed by atoms with van der Waals surface area (Å²) in [5.74, 6) is 0.850. The second-order valence-corrected chi connectivity index (χ2v) is 7.18. The Labute approximate surface area is 132 Å². The van der Waals surface area contributed by atoms with Gasteiger partial charge in [0.05, 0.1) is 0 Å². The molecule has 1 aliphatic carbocycles. The Kier molecular flexibility index (Phi) is 3.67. The van der Waals surface area contributed by atoms with Crippen LogP contribution in [0.15, 0.2) is 18.2 Å². The molecule has 3 aliphatic rings. The fourth-order valence-electron chi connectivity index (χ4n) is 4.17. The summed E-state index contributed by atoms with van der Waals surface area (Å²) in [5.41, 5.74) is 1.65. The standard InChI is InChI=1S/C17H24BNO3/c20-18(21)14-6-5-13-12-17(22-16(13)11-14)7-2-9-19(10-8-17)15-3-1-4-15/h5-6,11,15,20-21H,1-4,7-10,12H2. The predicted molar refractivity (Wildman–Crippen MR) is 86.4 cm³/mol. The van der Waals surface area contributed by atoms with Crippen molar-refractivity contribution in [1.29, 1.82) is 0 Å². The van der Waals surface area contributed by atoms with E-state index >= 15 is 0 Å². The van der Waals surface area contributed by atoms with E-state index in [9.17, 15) is 10.0 Å². The molecule has 4 nitrogen and oxygen atoms in total. The van der Waals surface area contributed by atoms with Gasteiger partial charge in [0.1, 0.15) is 11.4 Å². The lowest BCUT2D eigenvalue weighted by Crippen LogP contribution is -2.42. The molecule has 2 aliphatic heterocycles. The molecule has 1 aromatic rings. The molecule has 22 heavy (non-hydrogen) atoms. The molecular weight excluding hydrogens is 277 g/mol. The molecule has 2 N–H and O–H groups in total. The average Bonchev–Trinajstić information content (AvgIpc) is 2.68. The fourth-order valence-corrected chi connectivity index (χ4v) is 4.17. The molecule has 1 atom stereocenters. The van der Waals surface area contributed by atoms with Crippen LogP contribution in [0.2, 0.25) is 0 Å². The molecule has 118 valence electrons. The smallest absolute Gasteiger partial charge is 0.487 e. The maximum absolute atomic E-state index is 9.32. The normalized spacial score (nSPS) is 28.8. The molecule has 0 amide bonds. The molecule has 2 fully saturated rings. The number of hydrogen-bond acceptors (Lipinski definition) is 4. The van der Waals surface area contributed by atoms with Gasteiger partial charge in [-0.15, -0.1) is 0 Å². The van der Waals surface area contributed by atoms with E-state index in [1.165, 1.54) is 37.8 Å². The van der Waals surface area contributed by atoms with Crippen LogP contribution in [-0.4, -0.2) is 46.8 Å². The van der Waals surface area contributed by atoms with Gasteiger partial charge in [-0.1, -0.05) is 18.6 Å². The van der Waals surface area contributed by atoms with Crippen molar-refractivity contribution in [3.05, 3.63) is 23.8 Å². The van der Waals surface area contributed by atoms with Crippen molar-refractivity contribution >= 4 is 12.6 Å². The van der Waals surface area contributed by atoms with Gasteiger partial charge in [-0.3, -0.25) is 0 Å². The summed E-state index contributed by atoms with van der Waals surface area (Å²) in [6.45, 7) is 2.33. The lowest BCUT2D eigenvalue weighted by Gasteiger charge is -2.37. The monoisotopic (exact) mass is 301 g/mol. The van der Waals surface area contributed by atoms with Crippen LogP contribution in [0.1, 0.15) is 44.1 Å². The maximum Gasteiger partial charge on any atom is 0.488 e. The summed E-state index contributed by atoms with van der Waals surface area (Å²) < 4.78 is 6.34. The highest BCUT2D eigenvalue weighted by Gasteiger charge is 2.41. The first-order chi connectivity index (χ1) is 10.7. The average molecular weight is 301 g/mol. The van der Waals surface area contributed by atoms with Gasteiger partial charge < -0.3 is 19.7 Å². The minimum Gasteiger partial charge on any atom is -0.487 e. The molecule has 5 heteroatoms. The van der Waals surface area contributed by atoms with Crippen molar-refractivity contribution in [2.45, 2.75) is 56.6 Å². The summed E-state index contributed by atoms with van der Waals surface area (Å²) in [6.07, 6.45) is 8.46. The van der Waals surface area contributed by atoms with Gasteiger partial charge in [-0.25, -0.2) is 0 Å². The van der Waals surface area contributed by atoms with E-state index in [1.807, 2.05) is 6.07 Å². The van der Waals surface area contributed by atoms with Crippen LogP contribution in [-0.2, 0) is 6.42 Å². The van der Waals surface area contributed by atoms with Crippen molar-refractivity contribution < 1.29 is 14.8 Å². The van der Waals surface area contributed by atoms with Gasteiger partial charge in [-0.05, 0) is 49.3 Å². The zero-order valence-electron chi connectivity index (χ0n) is 13.0. The van der Waals surface area contributed by atoms with Gasteiger partial charge in [0.15, 0.2) is 0 Å². The largest absolute Gasteiger partial charge is 0.488 e. The second-order valence-electron chi connectivity index (χ2n) is 7.18. The first-order valence-corrected chi connectivity index (χ1v) is 8.57. The van der Waals surface area contributed by atoms with E-state index in [4.69, 9.17) is 4.74 Å². The molecule has 0 bridgehead atoms. The van der Waals surface area contributed by atoms with Crippen molar-refractivity contribution in [3.63, 3.8) is 0 Å². The van der Waals surface area contributed by atoms with E-state index in [2.05, 4.69) is 4.90 Å². The zero-order chi connectivity index (χ0) is 15.2. The SMILES string of the molecule is OB(O)c1ccc2c(c1)OC1(CCCN(C3CCC3)CC1)C2. The molecule has 1 saturated heterocycles. The van der Waals surface area contributed by atoms with Crippen molar-refractivity contribution in [2.24, 2.45) is 0 Å². The van der Waals surface area contributed by atoms with Crippen LogP contribution in [0.25, 0.3) is 0 Å². The molecule has 2 heterocycles. The van der Waals surface area contributed by atoms with Crippen LogP contribution >= 0.6 is 0 Å². The number of nitrogens with zero attached hydrogens (tertiary/aromatic N) is 1. The summed E-state index contributed by atoms with van der Waals surface area (Å²) >= 11 is 0. The number of fused-ring (bicyclic) bond motifs is 1. The van der Waals surface area contributed by atoms with E-state index in [0.29, 0.717) is 5.46 Å². The highest BCUT2D eigenvalue weighted by Crippen LogP contribution is 2.41. The molecule has 1 spiro atoms. The summed E-state index contributed by atoms with van der Waals surface area (Å²) in [7, 11) is -1.42. The molecule has 1 saturated carbocycles. The van der Waals surface area contributed by atoms with E-state index in [0.717, 1.165) is 37.6 Å². The van der Waals surface area contributed by atoms with Crippen LogP contribution in [0.5, 0.6) is 5.75 Å². The molecule has 0 radical (unpaired) electrons. The van der Waals surface area contributed by atoms with Crippen LogP contribution < -0.4 is 10.2 Å². The summed E-state index contributed by atoms with van der Waals surface area (Å²) in [6, 6.07) is 6.40. The lowest BCUT2D eigenvalue weighted by molar-refractivity contribution is 0.0695. The Morgan fingerprint density at radius 3 is 2.73 bits per heavy atom. The van der Waals surface area contributed by atoms with Gasteiger partial charge in [0, 0.05) is 25.4 Å². The topological polar surface area (TPSA) is 52.9 Å². The Hall–Kier alpha value is -1.04. The third kappa shape index (κ3) is 2.55. The summed E-state index contributed by atoms with van der Waals surface area (Å²) in [4.78, 5) is 2.66. The van der Waals surface area contributed by atoms with Gasteiger partial charge >= 0.3 is 7.12 Å². The van der Waals surface area contributed by atoms with E-state index < -0.39 is 7.12 Å². The van der Waals surface area contributed by atoms with Gasteiger partial charge in [0.25, 0.3) is 0 Å². The van der Waals surface area contributed by atoms with Gasteiger partial charge in [-0.2, -0.15) is 0 Å². The number of hydrogen-bond donors (Lipinski definition) is 2. The zero-order valence-corrected chi connectivity index (χ0v) is 13.0. The Balaban J connectivity index is 1.49. The van der Waals surface area contributed by atoms with Gasteiger partial charge in [0.2, 0.25) is 0 Å². The van der Waals surface area contributed by atoms with Crippen LogP contribution in [0.3, 0.4) is 0 Å². The third-order valence-electron chi connectivity index (χ3n) is 5.75. The summed E-state index contributed by atoms with van der Waals surface area (Å²) in [5, 5.41) is 18.6. The minimum absolute atomic E-state index is 0.0696. The Bertz CT molecular complexity index is 561. The van der Waals surface area contributed by atoms with Crippen molar-refractivity contribution in [3.8, 4) is 5.75 Å². The van der Waals surface area contributed by atoms with E-state index in [1.54, 1.807) is 12.1 Å². The van der Waals surface area contributed by atoms with Crippen LogP contribution in [0, 0.1) is 0 Å². The fraction of sp³-hybridized carbons (Fsp3) is 0.647. The maximum atomic E-state index is 9.32. The van der Waals surface area contributed by atoms with Crippen LogP contribution in [0.4, 0.5) is 0 Å². The van der Waals surface area contributed by atoms with Crippen molar-refractivity contribution in [2.75, 3.05) is 13.1 Å². The number of benzene rings is 1. The highest BCUT2D eigenvalue weighted by molar-refractivity contribution is 6.58. The number of rotatable bonds is 2. The minimum atomic E-state index is -1.42. The third-order valence-corrected chi connectivity index (χ3v) is 5.75. The predicted octanol–water partition coefficient (Wildman–Crippen LogP) is 1.08. The molecular formula is C17H24BNO3. The number of ether oxygens (including phenoxy) is 1. The van der Waals surface area contributed by atoms with Crippen molar-refractivity contribution in [1.82, 2.24) is 4.90 Å². The molecule has 1 unspecified atom stereocenters. The Morgan fingerprint density at radius 2 is 2.00 bits per heavy atom. The number of likely N-dealkylation sites (tertiary alicyclic amines) is 1. The Morgan fingerprint density at radius 1 is 1.14 bits per heavy atom.